The number of carbonyl (C=O) groups excluding carboxylic acids is 1. The minimum absolute atomic E-state index is 0.0267. The number of halogens is 1. The van der Waals surface area contributed by atoms with Crippen molar-refractivity contribution in [1.29, 1.82) is 0 Å². The van der Waals surface area contributed by atoms with Crippen LogP contribution in [0.5, 0.6) is 0 Å². The number of amides is 1. The molecule has 0 saturated heterocycles. The van der Waals surface area contributed by atoms with Gasteiger partial charge < -0.3 is 5.73 Å². The fourth-order valence-corrected chi connectivity index (χ4v) is 2.31. The summed E-state index contributed by atoms with van der Waals surface area (Å²) < 4.78 is 22.6. The van der Waals surface area contributed by atoms with E-state index in [-0.39, 0.29) is 21.2 Å². The molecule has 1 aromatic rings. The molecule has 0 atom stereocenters. The van der Waals surface area contributed by atoms with E-state index in [9.17, 15) is 13.2 Å². The number of rotatable bonds is 3. The van der Waals surface area contributed by atoms with Crippen LogP contribution in [0.25, 0.3) is 0 Å². The molecule has 0 bridgehead atoms. The molecule has 5 N–H and O–H groups in total. The summed E-state index contributed by atoms with van der Waals surface area (Å²) in [6.45, 7) is 3.36. The van der Waals surface area contributed by atoms with Crippen LogP contribution in [0.4, 0.5) is 5.69 Å². The second kappa shape index (κ2) is 5.55. The topological polar surface area (TPSA) is 128 Å². The zero-order chi connectivity index (χ0) is 14.8. The van der Waals surface area contributed by atoms with Gasteiger partial charge in [0.1, 0.15) is 4.90 Å². The highest BCUT2D eigenvalue weighted by atomic mass is 35.5. The number of anilines is 1. The molecule has 1 amide bonds. The lowest BCUT2D eigenvalue weighted by molar-refractivity contribution is 0.0955. The Hall–Kier alpha value is -1.64. The number of primary sulfonamides is 1. The summed E-state index contributed by atoms with van der Waals surface area (Å²) in [5.41, 5.74) is 8.41. The Bertz CT molecular complexity index is 651. The molecule has 0 unspecified atom stereocenters. The van der Waals surface area contributed by atoms with Crippen LogP contribution in [0.15, 0.2) is 22.1 Å². The van der Waals surface area contributed by atoms with E-state index in [0.29, 0.717) is 5.71 Å². The third-order valence-electron chi connectivity index (χ3n) is 2.04. The number of benzene rings is 1. The molecule has 0 aliphatic heterocycles. The zero-order valence-electron chi connectivity index (χ0n) is 10.3. The van der Waals surface area contributed by atoms with Gasteiger partial charge in [-0.05, 0) is 26.0 Å². The molecule has 0 saturated carbocycles. The first kappa shape index (κ1) is 15.4. The SMILES string of the molecule is CC(C)=NNC(=O)c1cc(S(N)(=O)=O)c(Cl)cc1N. The summed E-state index contributed by atoms with van der Waals surface area (Å²) >= 11 is 5.72. The molecule has 1 rings (SSSR count). The number of hydrazone groups is 1. The van der Waals surface area contributed by atoms with Crippen molar-refractivity contribution < 1.29 is 13.2 Å². The molecule has 0 aliphatic rings. The average Bonchev–Trinajstić information content (AvgIpc) is 2.24. The highest BCUT2D eigenvalue weighted by Gasteiger charge is 2.19. The number of carbonyl (C=O) groups is 1. The van der Waals surface area contributed by atoms with Gasteiger partial charge in [0.2, 0.25) is 10.0 Å². The number of nitrogens with zero attached hydrogens (tertiary/aromatic N) is 1. The Morgan fingerprint density at radius 1 is 1.37 bits per heavy atom. The molecule has 0 aliphatic carbocycles. The minimum Gasteiger partial charge on any atom is -0.398 e. The second-order valence-electron chi connectivity index (χ2n) is 3.91. The summed E-state index contributed by atoms with van der Waals surface area (Å²) in [5.74, 6) is -0.653. The highest BCUT2D eigenvalue weighted by Crippen LogP contribution is 2.26. The summed E-state index contributed by atoms with van der Waals surface area (Å²) in [5, 5.41) is 8.54. The van der Waals surface area contributed by atoms with Crippen molar-refractivity contribution in [3.8, 4) is 0 Å². The van der Waals surface area contributed by atoms with Crippen LogP contribution in [0.2, 0.25) is 5.02 Å². The first-order chi connectivity index (χ1) is 8.62. The number of hydrogen-bond acceptors (Lipinski definition) is 5. The maximum Gasteiger partial charge on any atom is 0.273 e. The molecule has 0 fully saturated rings. The number of nitrogen functional groups attached to an aromatic ring is 1. The van der Waals surface area contributed by atoms with Crippen molar-refractivity contribution in [2.75, 3.05) is 5.73 Å². The van der Waals surface area contributed by atoms with Crippen molar-refractivity contribution in [3.05, 3.63) is 22.7 Å². The number of nitrogens with one attached hydrogen (secondary N) is 1. The van der Waals surface area contributed by atoms with Gasteiger partial charge in [0, 0.05) is 11.4 Å². The maximum atomic E-state index is 11.8. The van der Waals surface area contributed by atoms with Gasteiger partial charge in [-0.2, -0.15) is 5.10 Å². The lowest BCUT2D eigenvalue weighted by Gasteiger charge is -2.08. The molecular formula is C10H13ClN4O3S. The largest absolute Gasteiger partial charge is 0.398 e. The lowest BCUT2D eigenvalue weighted by Crippen LogP contribution is -2.21. The average molecular weight is 305 g/mol. The second-order valence-corrected chi connectivity index (χ2v) is 5.85. The van der Waals surface area contributed by atoms with E-state index in [1.807, 2.05) is 0 Å². The molecule has 0 aromatic heterocycles. The third-order valence-corrected chi connectivity index (χ3v) is 3.41. The fourth-order valence-electron chi connectivity index (χ4n) is 1.21. The van der Waals surface area contributed by atoms with Crippen molar-refractivity contribution in [3.63, 3.8) is 0 Å². The minimum atomic E-state index is -4.04. The monoisotopic (exact) mass is 304 g/mol. The Morgan fingerprint density at radius 3 is 2.42 bits per heavy atom. The van der Waals surface area contributed by atoms with Gasteiger partial charge in [0.15, 0.2) is 0 Å². The Morgan fingerprint density at radius 2 is 1.95 bits per heavy atom. The molecular weight excluding hydrogens is 292 g/mol. The fraction of sp³-hybridized carbons (Fsp3) is 0.200. The Labute approximate surface area is 115 Å². The van der Waals surface area contributed by atoms with Crippen LogP contribution in [0.1, 0.15) is 24.2 Å². The van der Waals surface area contributed by atoms with Gasteiger partial charge in [-0.25, -0.2) is 19.0 Å². The van der Waals surface area contributed by atoms with Crippen LogP contribution in [0.3, 0.4) is 0 Å². The van der Waals surface area contributed by atoms with Crippen LogP contribution in [-0.2, 0) is 10.0 Å². The maximum absolute atomic E-state index is 11.8. The van der Waals surface area contributed by atoms with Gasteiger partial charge in [-0.3, -0.25) is 4.79 Å². The summed E-state index contributed by atoms with van der Waals surface area (Å²) in [7, 11) is -4.04. The normalized spacial score (nSPS) is 10.9. The summed E-state index contributed by atoms with van der Waals surface area (Å²) in [6.07, 6.45) is 0. The zero-order valence-corrected chi connectivity index (χ0v) is 11.8. The molecule has 7 nitrogen and oxygen atoms in total. The van der Waals surface area contributed by atoms with Gasteiger partial charge in [0.25, 0.3) is 5.91 Å². The molecule has 9 heteroatoms. The Kier molecular flexibility index (Phi) is 4.51. The van der Waals surface area contributed by atoms with Crippen LogP contribution < -0.4 is 16.3 Å². The number of sulfonamides is 1. The van der Waals surface area contributed by atoms with Crippen molar-refractivity contribution in [2.24, 2.45) is 10.2 Å². The standard InChI is InChI=1S/C10H13ClN4O3S/c1-5(2)14-15-10(16)6-3-9(19(13,17)18)7(11)4-8(6)12/h3-4H,12H2,1-2H3,(H,15,16)(H2,13,17,18). The third kappa shape index (κ3) is 3.91. The van der Waals surface area contributed by atoms with E-state index in [2.05, 4.69) is 10.5 Å². The lowest BCUT2D eigenvalue weighted by atomic mass is 10.2. The van der Waals surface area contributed by atoms with Gasteiger partial charge in [0.05, 0.1) is 10.6 Å². The molecule has 104 valence electrons. The van der Waals surface area contributed by atoms with Crippen LogP contribution in [-0.4, -0.2) is 20.0 Å². The van der Waals surface area contributed by atoms with E-state index < -0.39 is 15.9 Å². The predicted molar refractivity (Wildman–Crippen MR) is 73.5 cm³/mol. The summed E-state index contributed by atoms with van der Waals surface area (Å²) in [6, 6.07) is 2.17. The first-order valence-corrected chi connectivity index (χ1v) is 6.98. The molecule has 0 spiro atoms. The highest BCUT2D eigenvalue weighted by molar-refractivity contribution is 7.89. The van der Waals surface area contributed by atoms with Crippen molar-refractivity contribution in [2.45, 2.75) is 18.7 Å². The van der Waals surface area contributed by atoms with Crippen molar-refractivity contribution in [1.82, 2.24) is 5.43 Å². The van der Waals surface area contributed by atoms with Gasteiger partial charge in [-0.1, -0.05) is 11.6 Å². The van der Waals surface area contributed by atoms with Crippen LogP contribution in [0, 0.1) is 0 Å². The molecule has 19 heavy (non-hydrogen) atoms. The van der Waals surface area contributed by atoms with Gasteiger partial charge >= 0.3 is 0 Å². The number of nitrogens with two attached hydrogens (primary N) is 2. The van der Waals surface area contributed by atoms with E-state index in [4.69, 9.17) is 22.5 Å². The smallest absolute Gasteiger partial charge is 0.273 e. The quantitative estimate of drug-likeness (QED) is 0.431. The van der Waals surface area contributed by atoms with Crippen molar-refractivity contribution >= 4 is 38.9 Å². The first-order valence-electron chi connectivity index (χ1n) is 5.06. The van der Waals surface area contributed by atoms with Gasteiger partial charge in [-0.15, -0.1) is 0 Å². The predicted octanol–water partition coefficient (Wildman–Crippen LogP) is 0.695. The van der Waals surface area contributed by atoms with E-state index >= 15 is 0 Å². The molecule has 0 heterocycles. The Balaban J connectivity index is 3.30. The van der Waals surface area contributed by atoms with E-state index in [1.165, 1.54) is 0 Å². The van der Waals surface area contributed by atoms with E-state index in [0.717, 1.165) is 12.1 Å². The van der Waals surface area contributed by atoms with E-state index in [1.54, 1.807) is 13.8 Å². The molecule has 0 radical (unpaired) electrons. The number of hydrogen-bond donors (Lipinski definition) is 3. The summed E-state index contributed by atoms with van der Waals surface area (Å²) in [4.78, 5) is 11.4. The molecule has 1 aromatic carbocycles. The van der Waals surface area contributed by atoms with Crippen LogP contribution >= 0.6 is 11.6 Å².